The summed E-state index contributed by atoms with van der Waals surface area (Å²) in [7, 11) is -3.47. The molecule has 8 aliphatic rings. The van der Waals surface area contributed by atoms with Crippen LogP contribution in [0.2, 0.25) is 0 Å². The first-order chi connectivity index (χ1) is 47.3. The largest absolute Gasteiger partial charge is 0.493 e. The quantitative estimate of drug-likeness (QED) is 0.0342. The number of hydrogen-bond donors (Lipinski definition) is 5. The average Bonchev–Trinajstić information content (AvgIpc) is 1.66. The first-order valence-electron chi connectivity index (χ1n) is 34.0. The fraction of sp³-hybridized carbons (Fsp3) is 0.592. The fourth-order valence-corrected chi connectivity index (χ4v) is 13.0. The van der Waals surface area contributed by atoms with Gasteiger partial charge in [-0.15, -0.1) is 0 Å². The molecule has 100 heavy (non-hydrogen) atoms. The van der Waals surface area contributed by atoms with Gasteiger partial charge in [-0.25, -0.2) is 62.2 Å². The Morgan fingerprint density at radius 3 is 1.23 bits per heavy atom. The van der Waals surface area contributed by atoms with Crippen molar-refractivity contribution in [2.75, 3.05) is 43.1 Å². The third-order valence-electron chi connectivity index (χ3n) is 19.2. The monoisotopic (exact) mass is 1440 g/mol. The predicted octanol–water partition coefficient (Wildman–Crippen LogP) is 17.6. The molecule has 29 heteroatoms. The van der Waals surface area contributed by atoms with Gasteiger partial charge in [0.15, 0.2) is 22.8 Å². The van der Waals surface area contributed by atoms with Gasteiger partial charge in [0.25, 0.3) is 0 Å². The Morgan fingerprint density at radius 2 is 0.860 bits per heavy atom. The highest BCUT2D eigenvalue weighted by Gasteiger charge is 2.40. The number of aliphatic hydroxyl groups is 1. The van der Waals surface area contributed by atoms with Crippen LogP contribution in [0, 0.1) is 63.8 Å². The highest BCUT2D eigenvalue weighted by Crippen LogP contribution is 2.50. The average molecular weight is 1440 g/mol. The molecule has 0 bridgehead atoms. The summed E-state index contributed by atoms with van der Waals surface area (Å²) in [4.78, 5) is 9.45. The van der Waals surface area contributed by atoms with Gasteiger partial charge in [0.05, 0.1) is 48.0 Å². The van der Waals surface area contributed by atoms with Crippen molar-refractivity contribution in [3.8, 4) is 29.4 Å². The van der Waals surface area contributed by atoms with Gasteiger partial charge in [-0.2, -0.15) is 10.5 Å². The number of amides is 1. The Morgan fingerprint density at radius 1 is 0.530 bits per heavy atom. The number of nitrogen functional groups attached to an aromatic ring is 1. The minimum absolute atomic E-state index is 0.0336. The highest BCUT2D eigenvalue weighted by atomic mass is 32.2. The Labute approximate surface area is 572 Å². The minimum atomic E-state index is -3.47. The topological polar surface area (TPSA) is 269 Å². The van der Waals surface area contributed by atoms with Gasteiger partial charge < -0.3 is 34.1 Å². The van der Waals surface area contributed by atoms with Crippen LogP contribution in [0.5, 0.6) is 17.2 Å². The normalized spacial score (nSPS) is 20.3. The summed E-state index contributed by atoms with van der Waals surface area (Å²) in [5.41, 5.74) is 11.7. The molecule has 0 saturated heterocycles. The number of aromatic nitrogens is 2. The van der Waals surface area contributed by atoms with Crippen molar-refractivity contribution in [3.05, 3.63) is 99.4 Å². The van der Waals surface area contributed by atoms with Gasteiger partial charge in [-0.1, -0.05) is 10.3 Å². The molecule has 546 valence electrons. The molecule has 8 aliphatic carbocycles. The molecular formula is C71H84F11N7O10S. The number of aliphatic hydroxyl groups excluding tert-OH is 1. The number of carbonyl (C=O) groups is 1. The molecule has 14 rings (SSSR count). The van der Waals surface area contributed by atoms with E-state index in [1.165, 1.54) is 24.5 Å². The van der Waals surface area contributed by atoms with E-state index in [9.17, 15) is 61.5 Å². The molecule has 1 amide bonds. The Bertz CT molecular complexity index is 3960. The summed E-state index contributed by atoms with van der Waals surface area (Å²) in [5.74, 6) is -7.97. The number of nitrogens with one attached hydrogen (secondary N) is 2. The number of nitriles is 2. The lowest BCUT2D eigenvalue weighted by molar-refractivity contribution is -0.126. The summed E-state index contributed by atoms with van der Waals surface area (Å²) < 4.78 is 197. The summed E-state index contributed by atoms with van der Waals surface area (Å²) in [6.45, 7) is 2.49. The van der Waals surface area contributed by atoms with Gasteiger partial charge in [-0.3, -0.25) is 14.7 Å². The highest BCUT2D eigenvalue weighted by molar-refractivity contribution is 7.92. The van der Waals surface area contributed by atoms with Crippen molar-refractivity contribution in [3.63, 3.8) is 0 Å². The number of rotatable bonds is 16. The number of halogens is 11. The lowest BCUT2D eigenvalue weighted by Gasteiger charge is -2.28. The van der Waals surface area contributed by atoms with Crippen LogP contribution in [0.3, 0.4) is 0 Å². The summed E-state index contributed by atoms with van der Waals surface area (Å²) in [6, 6.07) is 15.9. The molecular weight excluding hydrogens is 1350 g/mol. The number of benzene rings is 4. The van der Waals surface area contributed by atoms with Crippen molar-refractivity contribution in [2.24, 2.45) is 23.7 Å². The van der Waals surface area contributed by atoms with Crippen LogP contribution in [-0.4, -0.2) is 91.3 Å². The zero-order valence-electron chi connectivity index (χ0n) is 55.6. The number of nitrogens with two attached hydrogens (primary N) is 1. The van der Waals surface area contributed by atoms with E-state index < -0.39 is 57.1 Å². The molecule has 4 aromatic carbocycles. The number of anilines is 2. The van der Waals surface area contributed by atoms with E-state index in [-0.39, 0.29) is 105 Å². The van der Waals surface area contributed by atoms with Crippen molar-refractivity contribution in [1.82, 2.24) is 15.8 Å². The van der Waals surface area contributed by atoms with Crippen LogP contribution < -0.4 is 30.1 Å². The molecule has 0 aliphatic heterocycles. The number of hydroxylamine groups is 1. The number of sulfonamides is 1. The van der Waals surface area contributed by atoms with Crippen molar-refractivity contribution in [1.29, 1.82) is 10.5 Å². The molecule has 0 radical (unpaired) electrons. The minimum Gasteiger partial charge on any atom is -0.493 e. The lowest BCUT2D eigenvalue weighted by atomic mass is 9.87. The van der Waals surface area contributed by atoms with Crippen LogP contribution in [0.25, 0.3) is 21.9 Å². The molecule has 6 aromatic rings. The molecule has 6 N–H and O–H groups in total. The number of nitrogens with zero attached hydrogens (tertiary/aromatic N) is 4. The molecule has 0 unspecified atom stereocenters. The number of ether oxygens (including phenoxy) is 3. The van der Waals surface area contributed by atoms with E-state index in [0.29, 0.717) is 128 Å². The van der Waals surface area contributed by atoms with E-state index >= 15 is 0 Å². The second-order valence-corrected chi connectivity index (χ2v) is 29.5. The molecule has 0 spiro atoms. The van der Waals surface area contributed by atoms with E-state index in [4.69, 9.17) is 49.8 Å². The maximum absolute atomic E-state index is 13.8. The fourth-order valence-electron chi connectivity index (χ4n) is 12.5. The van der Waals surface area contributed by atoms with Gasteiger partial charge in [-0.05, 0) is 197 Å². The summed E-state index contributed by atoms with van der Waals surface area (Å²) >= 11 is 0. The molecule has 8 fully saturated rings. The Hall–Kier alpha value is -7.63. The van der Waals surface area contributed by atoms with Gasteiger partial charge in [0.2, 0.25) is 39.6 Å². The van der Waals surface area contributed by atoms with Crippen LogP contribution >= 0.6 is 0 Å². The maximum atomic E-state index is 13.8. The van der Waals surface area contributed by atoms with Gasteiger partial charge in [0.1, 0.15) is 46.8 Å². The SMILES string of the molecule is CC(=O)NO.CS(=O)(=O)Nc1noc2cc(OCC3CCC(F)(F)CC3)c(C3CC3)cc12.N#Cc1cc(C2CC2)c(F)cc1F.N#Cc1cc(C2CC2)c(OCC2CCC(F)(F)CC2)cc1F.Nc1noc2cc(OCC3CCC(F)(F)CC3)c(C3CC3)cc12.OCC1CCC(F)(F)CC1. The first-order valence-corrected chi connectivity index (χ1v) is 35.9. The molecule has 2 heterocycles. The van der Waals surface area contributed by atoms with Crippen LogP contribution in [0.15, 0.2) is 57.6 Å². The smallest absolute Gasteiger partial charge is 0.248 e. The number of carbonyl (C=O) groups excluding carboxylic acids is 1. The van der Waals surface area contributed by atoms with Crippen molar-refractivity contribution >= 4 is 49.5 Å². The zero-order valence-corrected chi connectivity index (χ0v) is 56.4. The van der Waals surface area contributed by atoms with Crippen LogP contribution in [-0.2, 0) is 14.8 Å². The third-order valence-corrected chi connectivity index (χ3v) is 19.8. The molecule has 8 saturated carbocycles. The van der Waals surface area contributed by atoms with E-state index in [2.05, 4.69) is 15.0 Å². The first kappa shape index (κ1) is 76.5. The second kappa shape index (κ2) is 33.0. The number of fused-ring (bicyclic) bond motifs is 2. The van der Waals surface area contributed by atoms with Gasteiger partial charge >= 0.3 is 0 Å². The zero-order chi connectivity index (χ0) is 72.3. The van der Waals surface area contributed by atoms with Crippen molar-refractivity contribution in [2.45, 2.75) is 208 Å². The number of hydrogen-bond acceptors (Lipinski definition) is 15. The maximum Gasteiger partial charge on any atom is 0.248 e. The predicted molar refractivity (Wildman–Crippen MR) is 348 cm³/mol. The summed E-state index contributed by atoms with van der Waals surface area (Å²) in [6.07, 6.45) is 12.6. The van der Waals surface area contributed by atoms with Crippen LogP contribution in [0.4, 0.5) is 59.9 Å². The molecule has 2 aromatic heterocycles. The lowest BCUT2D eigenvalue weighted by Crippen LogP contribution is -2.27. The van der Waals surface area contributed by atoms with Crippen LogP contribution in [0.1, 0.15) is 218 Å². The second-order valence-electron chi connectivity index (χ2n) is 27.8. The molecule has 17 nitrogen and oxygen atoms in total. The Kier molecular flexibility index (Phi) is 25.3. The number of alkyl halides is 8. The Balaban J connectivity index is 0.000000148. The van der Waals surface area contributed by atoms with E-state index in [1.807, 2.05) is 24.3 Å². The standard InChI is InChI=1S/C18H22F2N2O4S.C17H18F3NO.C17H20F2N2O2.C10H7F2N.C7H12F2O.C2H5NO2/c1-27(23,24)22-17-14-8-13(12-2-3-12)15(9-16(14)26-21-17)25-10-11-4-6-18(19,20)7-5-11;18-15-8-16(14(12-1-2-12)7-13(15)9-21)22-10-11-3-5-17(19,20)6-4-11;18-17(19)5-3-10(4-6-17)9-22-14-8-15-13(16(20)21-23-15)7-12(14)11-1-2-11;11-9-4-10(12)8(6-1-2-6)3-7(9)5-13;8-7(9)3-1-6(5-10)2-4-7;1-2(4)3-5/h8-9,11-12H,2-7,10H2,1H3,(H,21,22);7-8,11-12H,1-6,10H2;7-8,10-11H,1-6,9H2,(H2,20,21);3-4,6H,1-2H2;6,10H,1-5H2;5H,1H3,(H,3,4). The van der Waals surface area contributed by atoms with E-state index in [0.717, 1.165) is 91.5 Å². The van der Waals surface area contributed by atoms with Crippen molar-refractivity contribution < 1.29 is 95.1 Å². The summed E-state index contributed by atoms with van der Waals surface area (Å²) in [5, 5.41) is 42.6. The third kappa shape index (κ3) is 22.7. The van der Waals surface area contributed by atoms with E-state index in [1.54, 1.807) is 18.2 Å². The van der Waals surface area contributed by atoms with Gasteiger partial charge in [0, 0.05) is 89.2 Å². The molecule has 0 atom stereocenters.